The van der Waals surface area contributed by atoms with Gasteiger partial charge in [0.2, 0.25) is 5.91 Å². The van der Waals surface area contributed by atoms with Crippen LogP contribution in [0.4, 0.5) is 11.4 Å². The van der Waals surface area contributed by atoms with E-state index in [1.165, 1.54) is 4.90 Å². The van der Waals surface area contributed by atoms with Crippen LogP contribution in [0, 0.1) is 6.92 Å². The van der Waals surface area contributed by atoms with E-state index in [4.69, 9.17) is 0 Å². The quantitative estimate of drug-likeness (QED) is 0.603. The molecule has 2 fully saturated rings. The number of likely N-dealkylation sites (tertiary alicyclic amines) is 1. The second kappa shape index (κ2) is 10.7. The molecule has 0 spiro atoms. The van der Waals surface area contributed by atoms with Gasteiger partial charge >= 0.3 is 0 Å². The minimum atomic E-state index is -3.86. The van der Waals surface area contributed by atoms with Crippen molar-refractivity contribution in [2.24, 2.45) is 0 Å². The van der Waals surface area contributed by atoms with Crippen molar-refractivity contribution in [3.05, 3.63) is 53.6 Å². The van der Waals surface area contributed by atoms with E-state index in [1.807, 2.05) is 6.92 Å². The minimum absolute atomic E-state index is 0.0111. The molecule has 2 aliphatic rings. The molecule has 0 radical (unpaired) electrons. The van der Waals surface area contributed by atoms with Crippen LogP contribution >= 0.6 is 0 Å². The van der Waals surface area contributed by atoms with Crippen molar-refractivity contribution < 1.29 is 18.0 Å². The minimum Gasteiger partial charge on any atom is -0.367 e. The molecular formula is C25H33N5O4S. The van der Waals surface area contributed by atoms with Crippen LogP contribution in [-0.4, -0.2) is 82.9 Å². The number of piperazine rings is 1. The predicted octanol–water partition coefficient (Wildman–Crippen LogP) is 1.90. The Balaban J connectivity index is 1.60. The standard InChI is InChI=1S/C25H33N5O4S/c1-19-5-8-21(9-6-19)35(33,34)27-22-17-20(7-10-23(22)29-15-11-26-12-16-29)25(32)28(2)18-24(31)30-13-3-4-14-30/h5-10,17,26-27H,3-4,11-16,18H2,1-2H3. The first-order valence-corrected chi connectivity index (χ1v) is 13.5. The van der Waals surface area contributed by atoms with Crippen LogP contribution in [0.2, 0.25) is 0 Å². The summed E-state index contributed by atoms with van der Waals surface area (Å²) in [5, 5.41) is 3.29. The van der Waals surface area contributed by atoms with Gasteiger partial charge in [0, 0.05) is 51.9 Å². The number of sulfonamides is 1. The van der Waals surface area contributed by atoms with Crippen molar-refractivity contribution in [2.45, 2.75) is 24.7 Å². The van der Waals surface area contributed by atoms with Gasteiger partial charge in [0.25, 0.3) is 15.9 Å². The maximum Gasteiger partial charge on any atom is 0.261 e. The van der Waals surface area contributed by atoms with Gasteiger partial charge in [0.15, 0.2) is 0 Å². The van der Waals surface area contributed by atoms with Crippen LogP contribution < -0.4 is 14.9 Å². The lowest BCUT2D eigenvalue weighted by molar-refractivity contribution is -0.130. The number of hydrogen-bond donors (Lipinski definition) is 2. The molecule has 0 aromatic heterocycles. The number of benzene rings is 2. The fourth-order valence-electron chi connectivity index (χ4n) is 4.42. The molecule has 2 heterocycles. The zero-order valence-electron chi connectivity index (χ0n) is 20.3. The predicted molar refractivity (Wildman–Crippen MR) is 136 cm³/mol. The van der Waals surface area contributed by atoms with Crippen LogP contribution in [0.25, 0.3) is 0 Å². The number of carbonyl (C=O) groups is 2. The Morgan fingerprint density at radius 3 is 2.31 bits per heavy atom. The number of nitrogens with one attached hydrogen (secondary N) is 2. The molecule has 2 aliphatic heterocycles. The Labute approximate surface area is 207 Å². The second-order valence-electron chi connectivity index (χ2n) is 9.14. The number of aryl methyl sites for hydroxylation is 1. The SMILES string of the molecule is Cc1ccc(S(=O)(=O)Nc2cc(C(=O)N(C)CC(=O)N3CCCC3)ccc2N2CCNCC2)cc1. The van der Waals surface area contributed by atoms with Crippen LogP contribution in [0.15, 0.2) is 47.4 Å². The van der Waals surface area contributed by atoms with Crippen LogP contribution in [0.3, 0.4) is 0 Å². The highest BCUT2D eigenvalue weighted by Gasteiger charge is 2.24. The first kappa shape index (κ1) is 25.0. The van der Waals surface area contributed by atoms with Crippen molar-refractivity contribution in [3.63, 3.8) is 0 Å². The van der Waals surface area contributed by atoms with Crippen molar-refractivity contribution in [1.29, 1.82) is 0 Å². The van der Waals surface area contributed by atoms with Gasteiger partial charge < -0.3 is 20.0 Å². The first-order chi connectivity index (χ1) is 16.7. The van der Waals surface area contributed by atoms with Crippen molar-refractivity contribution in [3.8, 4) is 0 Å². The third kappa shape index (κ3) is 5.94. The third-order valence-electron chi connectivity index (χ3n) is 6.45. The Morgan fingerprint density at radius 2 is 1.66 bits per heavy atom. The highest BCUT2D eigenvalue weighted by atomic mass is 32.2. The summed E-state index contributed by atoms with van der Waals surface area (Å²) >= 11 is 0. The normalized spacial score (nSPS) is 16.3. The summed E-state index contributed by atoms with van der Waals surface area (Å²) in [6.45, 7) is 6.34. The molecule has 0 saturated carbocycles. The van der Waals surface area contributed by atoms with Gasteiger partial charge in [0.05, 0.1) is 22.8 Å². The van der Waals surface area contributed by atoms with Crippen LogP contribution in [-0.2, 0) is 14.8 Å². The summed E-state index contributed by atoms with van der Waals surface area (Å²) < 4.78 is 29.0. The molecule has 0 bridgehead atoms. The maximum absolute atomic E-state index is 13.2. The molecule has 0 aliphatic carbocycles. The summed E-state index contributed by atoms with van der Waals surface area (Å²) in [6.07, 6.45) is 1.97. The molecular weight excluding hydrogens is 466 g/mol. The molecule has 10 heteroatoms. The molecule has 2 aromatic rings. The molecule has 35 heavy (non-hydrogen) atoms. The third-order valence-corrected chi connectivity index (χ3v) is 7.84. The Morgan fingerprint density at radius 1 is 1.00 bits per heavy atom. The molecule has 2 amide bonds. The number of amides is 2. The van der Waals surface area contributed by atoms with Gasteiger partial charge in [0.1, 0.15) is 0 Å². The summed E-state index contributed by atoms with van der Waals surface area (Å²) in [7, 11) is -2.27. The van der Waals surface area contributed by atoms with E-state index in [9.17, 15) is 18.0 Å². The van der Waals surface area contributed by atoms with Gasteiger partial charge in [-0.2, -0.15) is 0 Å². The fourth-order valence-corrected chi connectivity index (χ4v) is 5.48. The Kier molecular flexibility index (Phi) is 7.61. The van der Waals surface area contributed by atoms with Crippen LogP contribution in [0.1, 0.15) is 28.8 Å². The first-order valence-electron chi connectivity index (χ1n) is 12.0. The molecule has 4 rings (SSSR count). The molecule has 2 N–H and O–H groups in total. The average Bonchev–Trinajstić information content (AvgIpc) is 3.39. The number of anilines is 2. The lowest BCUT2D eigenvalue weighted by atomic mass is 10.1. The second-order valence-corrected chi connectivity index (χ2v) is 10.8. The van der Waals surface area contributed by atoms with E-state index in [0.717, 1.165) is 63.4 Å². The Hall–Kier alpha value is -3.11. The monoisotopic (exact) mass is 499 g/mol. The highest BCUT2D eigenvalue weighted by molar-refractivity contribution is 7.92. The topological polar surface area (TPSA) is 102 Å². The van der Waals surface area contributed by atoms with Crippen molar-refractivity contribution in [1.82, 2.24) is 15.1 Å². The van der Waals surface area contributed by atoms with E-state index in [-0.39, 0.29) is 23.3 Å². The van der Waals surface area contributed by atoms with E-state index in [2.05, 4.69) is 14.9 Å². The molecule has 2 saturated heterocycles. The summed E-state index contributed by atoms with van der Waals surface area (Å²) in [4.78, 5) is 31.1. The lowest BCUT2D eigenvalue weighted by Gasteiger charge is -2.31. The number of nitrogens with zero attached hydrogens (tertiary/aromatic N) is 3. The largest absolute Gasteiger partial charge is 0.367 e. The molecule has 2 aromatic carbocycles. The number of hydrogen-bond acceptors (Lipinski definition) is 6. The van der Waals surface area contributed by atoms with Gasteiger partial charge in [-0.25, -0.2) is 8.42 Å². The fraction of sp³-hybridized carbons (Fsp3) is 0.440. The van der Waals surface area contributed by atoms with Gasteiger partial charge in [-0.1, -0.05) is 17.7 Å². The smallest absolute Gasteiger partial charge is 0.261 e. The van der Waals surface area contributed by atoms with E-state index < -0.39 is 10.0 Å². The van der Waals surface area contributed by atoms with Gasteiger partial charge in [-0.05, 0) is 50.1 Å². The lowest BCUT2D eigenvalue weighted by Crippen LogP contribution is -2.44. The number of likely N-dealkylation sites (N-methyl/N-ethyl adjacent to an activating group) is 1. The zero-order chi connectivity index (χ0) is 25.0. The highest BCUT2D eigenvalue weighted by Crippen LogP contribution is 2.30. The molecule has 0 atom stereocenters. The molecule has 0 unspecified atom stereocenters. The van der Waals surface area contributed by atoms with Gasteiger partial charge in [-0.15, -0.1) is 0 Å². The number of rotatable bonds is 7. The van der Waals surface area contributed by atoms with E-state index in [1.54, 1.807) is 54.4 Å². The average molecular weight is 500 g/mol. The van der Waals surface area contributed by atoms with Gasteiger partial charge in [-0.3, -0.25) is 14.3 Å². The zero-order valence-corrected chi connectivity index (χ0v) is 21.1. The summed E-state index contributed by atoms with van der Waals surface area (Å²) in [6, 6.07) is 11.7. The summed E-state index contributed by atoms with van der Waals surface area (Å²) in [5.41, 5.74) is 2.35. The number of carbonyl (C=O) groups excluding carboxylic acids is 2. The van der Waals surface area contributed by atoms with Crippen LogP contribution in [0.5, 0.6) is 0 Å². The van der Waals surface area contributed by atoms with Crippen molar-refractivity contribution in [2.75, 3.05) is 62.5 Å². The van der Waals surface area contributed by atoms with E-state index in [0.29, 0.717) is 11.3 Å². The summed E-state index contributed by atoms with van der Waals surface area (Å²) in [5.74, 6) is -0.406. The molecule has 9 nitrogen and oxygen atoms in total. The molecule has 188 valence electrons. The van der Waals surface area contributed by atoms with Crippen molar-refractivity contribution >= 4 is 33.2 Å². The maximum atomic E-state index is 13.2. The Bertz CT molecular complexity index is 1170. The van der Waals surface area contributed by atoms with E-state index >= 15 is 0 Å².